The molecular formula is C23H23NO3S. The van der Waals surface area contributed by atoms with Gasteiger partial charge in [-0.25, -0.2) is 4.89 Å². The minimum Gasteiger partial charge on any atom is -0.329 e. The molecule has 0 aromatic heterocycles. The van der Waals surface area contributed by atoms with E-state index in [0.717, 1.165) is 23.4 Å². The van der Waals surface area contributed by atoms with Crippen LogP contribution in [0.3, 0.4) is 0 Å². The minimum absolute atomic E-state index is 0.0427. The van der Waals surface area contributed by atoms with Gasteiger partial charge in [-0.3, -0.25) is 4.79 Å². The molecule has 2 aliphatic rings. The van der Waals surface area contributed by atoms with Gasteiger partial charge >= 0.3 is 0 Å². The number of anilines is 1. The molecule has 4 nitrogen and oxygen atoms in total. The molecule has 4 rings (SSSR count). The van der Waals surface area contributed by atoms with Crippen molar-refractivity contribution in [3.63, 3.8) is 0 Å². The van der Waals surface area contributed by atoms with E-state index >= 15 is 0 Å². The molecule has 2 atom stereocenters. The van der Waals surface area contributed by atoms with E-state index in [2.05, 4.69) is 24.0 Å². The standard InChI is InChI=1S/C23H23NO3S/c1-4-24-19-13-7-8-14-20(19)28-23(24)21(26-27-23)15-9-11-17(3)22(25)18-12-6-5-10-16(18)2/h5-15,21H,4H2,1-3H3/b15-9+,17-11+. The first-order valence-corrected chi connectivity index (χ1v) is 10.2. The smallest absolute Gasteiger partial charge is 0.260 e. The molecule has 2 unspecified atom stereocenters. The minimum atomic E-state index is -0.573. The zero-order chi connectivity index (χ0) is 19.7. The lowest BCUT2D eigenvalue weighted by Gasteiger charge is -2.47. The fourth-order valence-electron chi connectivity index (χ4n) is 3.57. The molecule has 0 aliphatic carbocycles. The quantitative estimate of drug-likeness (QED) is 0.298. The lowest BCUT2D eigenvalue weighted by Crippen LogP contribution is -2.62. The van der Waals surface area contributed by atoms with Crippen LogP contribution in [0.25, 0.3) is 0 Å². The van der Waals surface area contributed by atoms with Crippen molar-refractivity contribution in [1.82, 2.24) is 0 Å². The summed E-state index contributed by atoms with van der Waals surface area (Å²) in [4.78, 5) is 27.1. The Hall–Kier alpha value is -2.34. The zero-order valence-corrected chi connectivity index (χ0v) is 17.0. The van der Waals surface area contributed by atoms with Crippen molar-refractivity contribution in [3.05, 3.63) is 83.5 Å². The van der Waals surface area contributed by atoms with E-state index in [4.69, 9.17) is 9.78 Å². The highest BCUT2D eigenvalue weighted by atomic mass is 32.2. The van der Waals surface area contributed by atoms with Gasteiger partial charge in [0.25, 0.3) is 5.06 Å². The number of benzene rings is 2. The molecule has 0 saturated carbocycles. The summed E-state index contributed by atoms with van der Waals surface area (Å²) in [7, 11) is 0. The number of hydrogen-bond acceptors (Lipinski definition) is 5. The van der Waals surface area contributed by atoms with Crippen molar-refractivity contribution in [1.29, 1.82) is 0 Å². The second-order valence-corrected chi connectivity index (χ2v) is 8.15. The number of carbonyl (C=O) groups excluding carboxylic acids is 1. The van der Waals surface area contributed by atoms with E-state index in [1.807, 2.05) is 68.5 Å². The number of carbonyl (C=O) groups is 1. The maximum atomic E-state index is 12.7. The summed E-state index contributed by atoms with van der Waals surface area (Å²) in [6, 6.07) is 15.9. The Morgan fingerprint density at radius 1 is 1.21 bits per heavy atom. The van der Waals surface area contributed by atoms with Crippen LogP contribution in [0.1, 0.15) is 29.8 Å². The van der Waals surface area contributed by atoms with Crippen LogP contribution < -0.4 is 4.90 Å². The van der Waals surface area contributed by atoms with Gasteiger partial charge in [0, 0.05) is 17.0 Å². The van der Waals surface area contributed by atoms with E-state index in [0.29, 0.717) is 5.57 Å². The van der Waals surface area contributed by atoms with Crippen molar-refractivity contribution in [2.75, 3.05) is 11.4 Å². The highest BCUT2D eigenvalue weighted by Crippen LogP contribution is 2.57. The van der Waals surface area contributed by atoms with Crippen molar-refractivity contribution in [2.45, 2.75) is 36.8 Å². The van der Waals surface area contributed by atoms with Crippen LogP contribution in [0.5, 0.6) is 0 Å². The Balaban J connectivity index is 1.51. The number of para-hydroxylation sites is 1. The molecule has 144 valence electrons. The van der Waals surface area contributed by atoms with Gasteiger partial charge in [-0.05, 0) is 50.1 Å². The van der Waals surface area contributed by atoms with Crippen molar-refractivity contribution >= 4 is 23.2 Å². The predicted molar refractivity (Wildman–Crippen MR) is 112 cm³/mol. The third kappa shape index (κ3) is 3.09. The number of allylic oxidation sites excluding steroid dienone is 3. The van der Waals surface area contributed by atoms with Crippen molar-refractivity contribution < 1.29 is 14.6 Å². The number of ketones is 1. The molecule has 0 amide bonds. The molecule has 2 aliphatic heterocycles. The molecule has 0 N–H and O–H groups in total. The maximum Gasteiger partial charge on any atom is 0.260 e. The summed E-state index contributed by atoms with van der Waals surface area (Å²) in [6.07, 6.45) is 5.47. The number of Topliss-reactive ketones (excluding diaryl/α,β-unsaturated/α-hetero) is 1. The number of nitrogens with zero attached hydrogens (tertiary/aromatic N) is 1. The molecule has 2 aromatic rings. The largest absolute Gasteiger partial charge is 0.329 e. The summed E-state index contributed by atoms with van der Waals surface area (Å²) < 4.78 is 0. The Morgan fingerprint density at radius 3 is 2.68 bits per heavy atom. The first kappa shape index (κ1) is 19.0. The van der Waals surface area contributed by atoms with Gasteiger partial charge in [-0.2, -0.15) is 4.89 Å². The van der Waals surface area contributed by atoms with Crippen LogP contribution in [0.2, 0.25) is 0 Å². The predicted octanol–water partition coefficient (Wildman–Crippen LogP) is 5.30. The number of likely N-dealkylation sites (N-methyl/N-ethyl adjacent to an activating group) is 1. The number of thioether (sulfide) groups is 1. The molecule has 1 saturated heterocycles. The first-order valence-electron chi connectivity index (χ1n) is 9.42. The Labute approximate surface area is 169 Å². The molecular weight excluding hydrogens is 370 g/mol. The average molecular weight is 394 g/mol. The van der Waals surface area contributed by atoms with Gasteiger partial charge in [0.05, 0.1) is 5.69 Å². The fraction of sp³-hybridized carbons (Fsp3) is 0.261. The van der Waals surface area contributed by atoms with Gasteiger partial charge in [-0.15, -0.1) is 0 Å². The molecule has 5 heteroatoms. The summed E-state index contributed by atoms with van der Waals surface area (Å²) in [6.45, 7) is 6.72. The van der Waals surface area contributed by atoms with Gasteiger partial charge in [0.15, 0.2) is 11.9 Å². The van der Waals surface area contributed by atoms with Crippen LogP contribution >= 0.6 is 11.8 Å². The van der Waals surface area contributed by atoms with Crippen molar-refractivity contribution in [2.24, 2.45) is 0 Å². The van der Waals surface area contributed by atoms with Gasteiger partial charge < -0.3 is 4.90 Å². The monoisotopic (exact) mass is 393 g/mol. The summed E-state index contributed by atoms with van der Waals surface area (Å²) in [5.74, 6) is 0.0427. The second-order valence-electron chi connectivity index (χ2n) is 6.92. The number of rotatable bonds is 5. The Bertz CT molecular complexity index is 968. The molecule has 1 spiro atoms. The second kappa shape index (κ2) is 7.59. The van der Waals surface area contributed by atoms with Gasteiger partial charge in [-0.1, -0.05) is 60.3 Å². The van der Waals surface area contributed by atoms with E-state index in [-0.39, 0.29) is 11.9 Å². The van der Waals surface area contributed by atoms with E-state index in [1.54, 1.807) is 11.8 Å². The Kier molecular flexibility index (Phi) is 5.15. The summed E-state index contributed by atoms with van der Waals surface area (Å²) in [5, 5.41) is -0.573. The highest BCUT2D eigenvalue weighted by molar-refractivity contribution is 8.01. The third-order valence-corrected chi connectivity index (χ3v) is 6.49. The van der Waals surface area contributed by atoms with Crippen LogP contribution in [0, 0.1) is 6.92 Å². The third-order valence-electron chi connectivity index (χ3n) is 5.12. The zero-order valence-electron chi connectivity index (χ0n) is 16.2. The first-order chi connectivity index (χ1) is 13.6. The van der Waals surface area contributed by atoms with Crippen LogP contribution in [-0.2, 0) is 9.78 Å². The van der Waals surface area contributed by atoms with Crippen LogP contribution in [0.4, 0.5) is 5.69 Å². The molecule has 2 aromatic carbocycles. The topological polar surface area (TPSA) is 38.8 Å². The number of aryl methyl sites for hydroxylation is 1. The SMILES string of the molecule is CCN1c2ccccc2SC12OOC2/C=C/C=C(\C)C(=O)c1ccccc1C. The maximum absolute atomic E-state index is 12.7. The number of fused-ring (bicyclic) bond motifs is 1. The lowest BCUT2D eigenvalue weighted by atomic mass is 10.00. The lowest BCUT2D eigenvalue weighted by molar-refractivity contribution is -0.465. The number of hydrogen-bond donors (Lipinski definition) is 0. The summed E-state index contributed by atoms with van der Waals surface area (Å²) >= 11 is 1.67. The molecule has 0 radical (unpaired) electrons. The van der Waals surface area contributed by atoms with Crippen molar-refractivity contribution in [3.8, 4) is 0 Å². The van der Waals surface area contributed by atoms with Gasteiger partial charge in [0.1, 0.15) is 0 Å². The molecule has 1 fully saturated rings. The van der Waals surface area contributed by atoms with Crippen LogP contribution in [-0.4, -0.2) is 23.5 Å². The average Bonchev–Trinajstić information content (AvgIpc) is 3.06. The fourth-order valence-corrected chi connectivity index (χ4v) is 4.96. The van der Waals surface area contributed by atoms with E-state index < -0.39 is 5.06 Å². The molecule has 28 heavy (non-hydrogen) atoms. The normalized spacial score (nSPS) is 23.9. The summed E-state index contributed by atoms with van der Waals surface area (Å²) in [5.41, 5.74) is 3.58. The molecule has 2 heterocycles. The van der Waals surface area contributed by atoms with E-state index in [1.165, 1.54) is 4.90 Å². The van der Waals surface area contributed by atoms with E-state index in [9.17, 15) is 4.79 Å². The highest BCUT2D eigenvalue weighted by Gasteiger charge is 2.59. The molecule has 0 bridgehead atoms. The van der Waals surface area contributed by atoms with Crippen LogP contribution in [0.15, 0.2) is 77.2 Å². The Morgan fingerprint density at radius 2 is 1.96 bits per heavy atom. The van der Waals surface area contributed by atoms with Gasteiger partial charge in [0.2, 0.25) is 0 Å².